The topological polar surface area (TPSA) is 93.4 Å². The van der Waals surface area contributed by atoms with Crippen LogP contribution in [0.4, 0.5) is 5.69 Å². The van der Waals surface area contributed by atoms with E-state index >= 15 is 0 Å². The van der Waals surface area contributed by atoms with Crippen LogP contribution in [0.1, 0.15) is 5.56 Å². The molecule has 0 spiro atoms. The van der Waals surface area contributed by atoms with Gasteiger partial charge in [-0.05, 0) is 23.4 Å². The van der Waals surface area contributed by atoms with Crippen LogP contribution in [0, 0.1) is 11.3 Å². The largest absolute Gasteiger partial charge is 0.397 e. The first-order valence-electron chi connectivity index (χ1n) is 5.93. The lowest BCUT2D eigenvalue weighted by Gasteiger charge is -2.02. The number of nitrogen functional groups attached to an aromatic ring is 1. The van der Waals surface area contributed by atoms with Crippen LogP contribution in [0.2, 0.25) is 0 Å². The van der Waals surface area contributed by atoms with E-state index in [2.05, 4.69) is 21.5 Å². The Morgan fingerprint density at radius 3 is 2.65 bits per heavy atom. The highest BCUT2D eigenvalue weighted by Crippen LogP contribution is 2.19. The third-order valence-corrected chi connectivity index (χ3v) is 2.82. The number of benzene rings is 2. The molecule has 0 aliphatic rings. The van der Waals surface area contributed by atoms with Crippen molar-refractivity contribution in [3.05, 3.63) is 54.1 Å². The maximum absolute atomic E-state index is 8.93. The van der Waals surface area contributed by atoms with Gasteiger partial charge in [-0.15, -0.1) is 15.0 Å². The Balaban J connectivity index is 2.05. The Kier molecular flexibility index (Phi) is 2.86. The Morgan fingerprint density at radius 1 is 1.10 bits per heavy atom. The first-order valence-corrected chi connectivity index (χ1v) is 5.93. The van der Waals surface area contributed by atoms with Gasteiger partial charge >= 0.3 is 0 Å². The van der Waals surface area contributed by atoms with Crippen LogP contribution in [0.3, 0.4) is 0 Å². The average molecular weight is 262 g/mol. The summed E-state index contributed by atoms with van der Waals surface area (Å²) in [5.41, 5.74) is 8.28. The van der Waals surface area contributed by atoms with Gasteiger partial charge in [-0.1, -0.05) is 30.3 Å². The molecule has 2 N–H and O–H groups in total. The van der Waals surface area contributed by atoms with E-state index in [1.165, 1.54) is 4.80 Å². The van der Waals surface area contributed by atoms with E-state index in [9.17, 15) is 0 Å². The van der Waals surface area contributed by atoms with Gasteiger partial charge in [-0.3, -0.25) is 0 Å². The van der Waals surface area contributed by atoms with E-state index in [4.69, 9.17) is 11.0 Å². The molecule has 3 aromatic rings. The predicted molar refractivity (Wildman–Crippen MR) is 73.7 cm³/mol. The molecule has 2 aromatic carbocycles. The second-order valence-corrected chi connectivity index (χ2v) is 4.15. The Morgan fingerprint density at radius 2 is 1.90 bits per heavy atom. The van der Waals surface area contributed by atoms with E-state index in [0.717, 1.165) is 5.56 Å². The van der Waals surface area contributed by atoms with Crippen LogP contribution < -0.4 is 5.73 Å². The second-order valence-electron chi connectivity index (χ2n) is 4.15. The van der Waals surface area contributed by atoms with Crippen molar-refractivity contribution in [2.75, 3.05) is 5.73 Å². The summed E-state index contributed by atoms with van der Waals surface area (Å²) in [6.45, 7) is 0. The number of nitriles is 1. The lowest BCUT2D eigenvalue weighted by molar-refractivity contribution is 0.721. The minimum Gasteiger partial charge on any atom is -0.397 e. The van der Waals surface area contributed by atoms with Crippen LogP contribution in [-0.2, 0) is 0 Å². The summed E-state index contributed by atoms with van der Waals surface area (Å²) < 4.78 is 0. The number of nitrogens with zero attached hydrogens (tertiary/aromatic N) is 5. The van der Waals surface area contributed by atoms with Crippen LogP contribution in [-0.4, -0.2) is 20.2 Å². The Hall–Kier alpha value is -3.20. The molecule has 0 atom stereocenters. The summed E-state index contributed by atoms with van der Waals surface area (Å²) in [6, 6.07) is 16.5. The quantitative estimate of drug-likeness (QED) is 0.710. The molecule has 0 saturated heterocycles. The minimum atomic E-state index is 0.487. The molecule has 0 aliphatic heterocycles. The molecular weight excluding hydrogens is 252 g/mol. The maximum atomic E-state index is 8.93. The van der Waals surface area contributed by atoms with E-state index in [-0.39, 0.29) is 0 Å². The SMILES string of the molecule is N#Cc1ccc(N)c(-n2nnc(-c3ccccc3)n2)c1. The highest BCUT2D eigenvalue weighted by atomic mass is 15.6. The van der Waals surface area contributed by atoms with Crippen molar-refractivity contribution in [1.82, 2.24) is 20.2 Å². The van der Waals surface area contributed by atoms with Crippen molar-refractivity contribution in [1.29, 1.82) is 5.26 Å². The number of hydrogen-bond donors (Lipinski definition) is 1. The summed E-state index contributed by atoms with van der Waals surface area (Å²) in [4.78, 5) is 1.33. The summed E-state index contributed by atoms with van der Waals surface area (Å²) in [7, 11) is 0. The monoisotopic (exact) mass is 262 g/mol. The summed E-state index contributed by atoms with van der Waals surface area (Å²) in [5, 5.41) is 21.2. The number of tetrazole rings is 1. The number of aromatic nitrogens is 4. The van der Waals surface area contributed by atoms with Crippen molar-refractivity contribution >= 4 is 5.69 Å². The van der Waals surface area contributed by atoms with Gasteiger partial charge in [0.2, 0.25) is 5.82 Å². The molecule has 20 heavy (non-hydrogen) atoms. The lowest BCUT2D eigenvalue weighted by atomic mass is 10.2. The normalized spacial score (nSPS) is 10.2. The minimum absolute atomic E-state index is 0.487. The van der Waals surface area contributed by atoms with Crippen molar-refractivity contribution in [2.24, 2.45) is 0 Å². The average Bonchev–Trinajstić information content (AvgIpc) is 2.98. The number of hydrogen-bond acceptors (Lipinski definition) is 5. The van der Waals surface area contributed by atoms with Gasteiger partial charge in [0.05, 0.1) is 17.3 Å². The summed E-state index contributed by atoms with van der Waals surface area (Å²) in [6.07, 6.45) is 0. The number of anilines is 1. The van der Waals surface area contributed by atoms with Gasteiger partial charge in [-0.25, -0.2) is 0 Å². The van der Waals surface area contributed by atoms with E-state index < -0.39 is 0 Å². The van der Waals surface area contributed by atoms with Gasteiger partial charge in [0.25, 0.3) is 0 Å². The third-order valence-electron chi connectivity index (χ3n) is 2.82. The van der Waals surface area contributed by atoms with Crippen molar-refractivity contribution in [3.8, 4) is 23.1 Å². The predicted octanol–water partition coefficient (Wildman–Crippen LogP) is 1.78. The first-order chi connectivity index (χ1) is 9.78. The third kappa shape index (κ3) is 2.08. The second kappa shape index (κ2) is 4.82. The standard InChI is InChI=1S/C14H10N6/c15-9-10-6-7-12(16)13(8-10)20-18-14(17-19-20)11-4-2-1-3-5-11/h1-8H,16H2. The van der Waals surface area contributed by atoms with Crippen molar-refractivity contribution in [3.63, 3.8) is 0 Å². The highest BCUT2D eigenvalue weighted by Gasteiger charge is 2.10. The molecule has 0 aliphatic carbocycles. The molecule has 0 radical (unpaired) electrons. The smallest absolute Gasteiger partial charge is 0.205 e. The molecular formula is C14H10N6. The van der Waals surface area contributed by atoms with Crippen molar-refractivity contribution < 1.29 is 0 Å². The summed E-state index contributed by atoms with van der Waals surface area (Å²) >= 11 is 0. The van der Waals surface area contributed by atoms with Gasteiger partial charge in [-0.2, -0.15) is 5.26 Å². The zero-order valence-electron chi connectivity index (χ0n) is 10.4. The molecule has 1 heterocycles. The molecule has 6 nitrogen and oxygen atoms in total. The van der Waals surface area contributed by atoms with Crippen LogP contribution in [0.5, 0.6) is 0 Å². The molecule has 0 unspecified atom stereocenters. The number of rotatable bonds is 2. The van der Waals surface area contributed by atoms with E-state index in [1.54, 1.807) is 18.2 Å². The highest BCUT2D eigenvalue weighted by molar-refractivity contribution is 5.60. The Labute approximate surface area is 115 Å². The van der Waals surface area contributed by atoms with Crippen LogP contribution >= 0.6 is 0 Å². The van der Waals surface area contributed by atoms with Crippen LogP contribution in [0.15, 0.2) is 48.5 Å². The number of nitrogens with two attached hydrogens (primary N) is 1. The fourth-order valence-electron chi connectivity index (χ4n) is 1.81. The van der Waals surface area contributed by atoms with Crippen molar-refractivity contribution in [2.45, 2.75) is 0 Å². The molecule has 0 saturated carbocycles. The molecule has 96 valence electrons. The molecule has 6 heteroatoms. The van der Waals surface area contributed by atoms with E-state index in [0.29, 0.717) is 22.8 Å². The van der Waals surface area contributed by atoms with Gasteiger partial charge < -0.3 is 5.73 Å². The van der Waals surface area contributed by atoms with E-state index in [1.807, 2.05) is 30.3 Å². The lowest BCUT2D eigenvalue weighted by Crippen LogP contribution is -2.04. The van der Waals surface area contributed by atoms with Crippen LogP contribution in [0.25, 0.3) is 17.1 Å². The van der Waals surface area contributed by atoms with Gasteiger partial charge in [0.1, 0.15) is 5.69 Å². The molecule has 3 rings (SSSR count). The molecule has 1 aromatic heterocycles. The zero-order valence-corrected chi connectivity index (χ0v) is 10.4. The summed E-state index contributed by atoms with van der Waals surface area (Å²) in [5.74, 6) is 0.507. The van der Waals surface area contributed by atoms with Gasteiger partial charge in [0, 0.05) is 5.56 Å². The fraction of sp³-hybridized carbons (Fsp3) is 0. The molecule has 0 bridgehead atoms. The molecule has 0 fully saturated rings. The van der Waals surface area contributed by atoms with Gasteiger partial charge in [0.15, 0.2) is 0 Å². The Bertz CT molecular complexity index is 785. The maximum Gasteiger partial charge on any atom is 0.205 e. The first kappa shape index (κ1) is 11.9. The fourth-order valence-corrected chi connectivity index (χ4v) is 1.81. The molecule has 0 amide bonds. The zero-order chi connectivity index (χ0) is 13.9.